The van der Waals surface area contributed by atoms with Gasteiger partial charge in [0.2, 0.25) is 0 Å². The summed E-state index contributed by atoms with van der Waals surface area (Å²) >= 11 is 0. The molecule has 0 radical (unpaired) electrons. The molecule has 0 amide bonds. The fourth-order valence-electron chi connectivity index (χ4n) is 5.90. The first-order valence-electron chi connectivity index (χ1n) is 13.0. The summed E-state index contributed by atoms with van der Waals surface area (Å²) in [5, 5.41) is 3.90. The molecule has 178 valence electrons. The highest BCUT2D eigenvalue weighted by atomic mass is 15.0. The number of imidazole rings is 1. The van der Waals surface area contributed by atoms with Crippen molar-refractivity contribution in [2.75, 3.05) is 0 Å². The molecule has 4 aromatic carbocycles. The molecule has 0 aliphatic heterocycles. The van der Waals surface area contributed by atoms with Crippen LogP contribution in [0.3, 0.4) is 0 Å². The fourth-order valence-corrected chi connectivity index (χ4v) is 5.90. The molecule has 1 atom stereocenters. The van der Waals surface area contributed by atoms with E-state index in [0.29, 0.717) is 5.92 Å². The second-order valence-corrected chi connectivity index (χ2v) is 10.2. The van der Waals surface area contributed by atoms with E-state index in [1.165, 1.54) is 60.6 Å². The second kappa shape index (κ2) is 8.64. The van der Waals surface area contributed by atoms with Gasteiger partial charge >= 0.3 is 0 Å². The van der Waals surface area contributed by atoms with Crippen molar-refractivity contribution >= 4 is 27.3 Å². The number of pyridine rings is 1. The van der Waals surface area contributed by atoms with E-state index in [0.717, 1.165) is 17.8 Å². The van der Waals surface area contributed by atoms with E-state index >= 15 is 0 Å². The van der Waals surface area contributed by atoms with Crippen LogP contribution in [0.1, 0.15) is 48.6 Å². The van der Waals surface area contributed by atoms with E-state index in [2.05, 4.69) is 124 Å². The molecule has 0 N–H and O–H groups in total. The third-order valence-electron chi connectivity index (χ3n) is 7.69. The molecule has 2 heteroatoms. The Morgan fingerprint density at radius 1 is 0.778 bits per heavy atom. The van der Waals surface area contributed by atoms with Gasteiger partial charge in [-0.25, -0.2) is 4.98 Å². The van der Waals surface area contributed by atoms with Crippen molar-refractivity contribution < 1.29 is 0 Å². The Kier molecular flexibility index (Phi) is 5.41. The maximum atomic E-state index is 5.11. The van der Waals surface area contributed by atoms with Crippen molar-refractivity contribution in [3.63, 3.8) is 0 Å². The van der Waals surface area contributed by atoms with Gasteiger partial charge in [-0.15, -0.1) is 0 Å². The highest BCUT2D eigenvalue weighted by Crippen LogP contribution is 2.44. The average Bonchev–Trinajstić information content (AvgIpc) is 3.28. The molecular formula is C34H32N2. The molecular weight excluding hydrogens is 436 g/mol. The normalized spacial score (nSPS) is 12.6. The summed E-state index contributed by atoms with van der Waals surface area (Å²) in [6, 6.07) is 28.9. The molecule has 36 heavy (non-hydrogen) atoms. The summed E-state index contributed by atoms with van der Waals surface area (Å²) < 4.78 is 2.33. The van der Waals surface area contributed by atoms with Crippen LogP contribution in [0.15, 0.2) is 85.1 Å². The van der Waals surface area contributed by atoms with Gasteiger partial charge in [0.25, 0.3) is 0 Å². The first kappa shape index (κ1) is 22.5. The van der Waals surface area contributed by atoms with Crippen LogP contribution in [0.25, 0.3) is 49.6 Å². The Morgan fingerprint density at radius 2 is 1.50 bits per heavy atom. The van der Waals surface area contributed by atoms with Gasteiger partial charge in [-0.2, -0.15) is 0 Å². The Hall–Kier alpha value is -3.91. The van der Waals surface area contributed by atoms with E-state index in [4.69, 9.17) is 4.98 Å². The third kappa shape index (κ3) is 3.44. The predicted molar refractivity (Wildman–Crippen MR) is 154 cm³/mol. The summed E-state index contributed by atoms with van der Waals surface area (Å²) in [7, 11) is 0. The quantitative estimate of drug-likeness (QED) is 0.236. The summed E-state index contributed by atoms with van der Waals surface area (Å²) in [6.45, 7) is 11.2. The Labute approximate surface area is 213 Å². The van der Waals surface area contributed by atoms with E-state index in [9.17, 15) is 0 Å². The minimum atomic E-state index is 0.440. The number of fused-ring (bicyclic) bond motifs is 6. The average molecular weight is 469 g/mol. The van der Waals surface area contributed by atoms with Crippen LogP contribution in [-0.2, 0) is 0 Å². The first-order chi connectivity index (χ1) is 17.5. The lowest BCUT2D eigenvalue weighted by Crippen LogP contribution is -2.01. The first-order valence-corrected chi connectivity index (χ1v) is 13.0. The van der Waals surface area contributed by atoms with E-state index < -0.39 is 0 Å². The number of rotatable bonds is 4. The highest BCUT2D eigenvalue weighted by Gasteiger charge is 2.22. The van der Waals surface area contributed by atoms with Crippen LogP contribution in [0, 0.1) is 20.8 Å². The van der Waals surface area contributed by atoms with Gasteiger partial charge in [-0.05, 0) is 72.6 Å². The monoisotopic (exact) mass is 468 g/mol. The zero-order chi connectivity index (χ0) is 25.0. The highest BCUT2D eigenvalue weighted by molar-refractivity contribution is 6.20. The van der Waals surface area contributed by atoms with Crippen molar-refractivity contribution in [2.45, 2.75) is 47.0 Å². The van der Waals surface area contributed by atoms with Crippen molar-refractivity contribution in [1.82, 2.24) is 9.38 Å². The number of benzene rings is 4. The van der Waals surface area contributed by atoms with Crippen molar-refractivity contribution in [3.05, 3.63) is 107 Å². The summed E-state index contributed by atoms with van der Waals surface area (Å²) in [4.78, 5) is 5.11. The van der Waals surface area contributed by atoms with E-state index in [-0.39, 0.29) is 0 Å². The molecule has 2 aromatic heterocycles. The topological polar surface area (TPSA) is 17.3 Å². The van der Waals surface area contributed by atoms with Gasteiger partial charge in [-0.3, -0.25) is 4.40 Å². The molecule has 1 unspecified atom stereocenters. The van der Waals surface area contributed by atoms with E-state index in [1.54, 1.807) is 0 Å². The molecule has 0 saturated carbocycles. The summed E-state index contributed by atoms with van der Waals surface area (Å²) in [5.41, 5.74) is 12.3. The molecule has 2 nitrogen and oxygen atoms in total. The van der Waals surface area contributed by atoms with Crippen LogP contribution in [0.2, 0.25) is 0 Å². The number of hydrogen-bond donors (Lipinski definition) is 0. The summed E-state index contributed by atoms with van der Waals surface area (Å²) in [6.07, 6.45) is 3.29. The zero-order valence-corrected chi connectivity index (χ0v) is 21.8. The molecule has 0 bridgehead atoms. The molecule has 0 saturated heterocycles. The van der Waals surface area contributed by atoms with Gasteiger partial charge in [-0.1, -0.05) is 92.2 Å². The molecule has 0 aliphatic carbocycles. The van der Waals surface area contributed by atoms with Gasteiger partial charge < -0.3 is 0 Å². The minimum Gasteiger partial charge on any atom is -0.299 e. The number of hydrogen-bond acceptors (Lipinski definition) is 1. The van der Waals surface area contributed by atoms with Gasteiger partial charge in [0.1, 0.15) is 5.65 Å². The largest absolute Gasteiger partial charge is 0.299 e. The van der Waals surface area contributed by atoms with Crippen molar-refractivity contribution in [1.29, 1.82) is 0 Å². The Balaban J connectivity index is 1.87. The molecule has 0 aliphatic rings. The van der Waals surface area contributed by atoms with Crippen LogP contribution < -0.4 is 0 Å². The molecule has 6 aromatic rings. The van der Waals surface area contributed by atoms with Gasteiger partial charge in [0, 0.05) is 22.4 Å². The maximum Gasteiger partial charge on any atom is 0.145 e. The Bertz CT molecular complexity index is 1760. The summed E-state index contributed by atoms with van der Waals surface area (Å²) in [5.74, 6) is 0.440. The molecule has 0 spiro atoms. The SMILES string of the molecule is CCC(C)c1ccc(-c2ccccc2-c2ccccc2)c2c3cc(C)cc(C)c3n3cc(C)nc3c12. The third-order valence-corrected chi connectivity index (χ3v) is 7.69. The smallest absolute Gasteiger partial charge is 0.145 e. The van der Waals surface area contributed by atoms with Crippen LogP contribution in [-0.4, -0.2) is 9.38 Å². The van der Waals surface area contributed by atoms with Gasteiger partial charge in [0.15, 0.2) is 0 Å². The molecule has 2 heterocycles. The molecule has 0 fully saturated rings. The lowest BCUT2D eigenvalue weighted by molar-refractivity contribution is 0.740. The standard InChI is InChI=1S/C34H32N2/c1-6-22(3)26-16-17-29(28-15-11-10-14-27(28)25-12-8-7-9-13-25)31-30-19-21(2)18-23(4)33(30)36-20-24(5)35-34(36)32(26)31/h7-20,22H,6H2,1-5H3. The Morgan fingerprint density at radius 3 is 2.25 bits per heavy atom. The molecule has 6 rings (SSSR count). The van der Waals surface area contributed by atoms with Crippen LogP contribution in [0.4, 0.5) is 0 Å². The van der Waals surface area contributed by atoms with Crippen LogP contribution >= 0.6 is 0 Å². The van der Waals surface area contributed by atoms with Crippen LogP contribution in [0.5, 0.6) is 0 Å². The number of aryl methyl sites for hydroxylation is 3. The number of aromatic nitrogens is 2. The van der Waals surface area contributed by atoms with Gasteiger partial charge in [0.05, 0.1) is 11.2 Å². The minimum absolute atomic E-state index is 0.440. The number of nitrogens with zero attached hydrogens (tertiary/aromatic N) is 2. The zero-order valence-electron chi connectivity index (χ0n) is 21.8. The second-order valence-electron chi connectivity index (χ2n) is 10.2. The predicted octanol–water partition coefficient (Wildman–Crippen LogP) is 9.41. The fraction of sp³-hybridized carbons (Fsp3) is 0.206. The van der Waals surface area contributed by atoms with Crippen molar-refractivity contribution in [2.24, 2.45) is 0 Å². The lowest BCUT2D eigenvalue weighted by Gasteiger charge is -2.21. The lowest BCUT2D eigenvalue weighted by atomic mass is 9.85. The maximum absolute atomic E-state index is 5.11. The van der Waals surface area contributed by atoms with Crippen molar-refractivity contribution in [3.8, 4) is 22.3 Å². The van der Waals surface area contributed by atoms with E-state index in [1.807, 2.05) is 0 Å².